The molecule has 2 aromatic rings. The summed E-state index contributed by atoms with van der Waals surface area (Å²) in [6.07, 6.45) is 2.11. The lowest BCUT2D eigenvalue weighted by atomic mass is 10.0. The summed E-state index contributed by atoms with van der Waals surface area (Å²) < 4.78 is 13.5. The van der Waals surface area contributed by atoms with Crippen molar-refractivity contribution in [3.63, 3.8) is 0 Å². The molecular formula is C23H30FN3O. The number of hydrogen-bond acceptors (Lipinski definition) is 4. The van der Waals surface area contributed by atoms with Crippen LogP contribution in [0.2, 0.25) is 0 Å². The minimum Gasteiger partial charge on any atom is -0.508 e. The fourth-order valence-corrected chi connectivity index (χ4v) is 3.76. The molecule has 4 nitrogen and oxygen atoms in total. The van der Waals surface area contributed by atoms with Crippen LogP contribution in [-0.2, 0) is 13.1 Å². The van der Waals surface area contributed by atoms with Crippen LogP contribution in [0.5, 0.6) is 5.75 Å². The Morgan fingerprint density at radius 3 is 2.50 bits per heavy atom. The van der Waals surface area contributed by atoms with E-state index in [0.29, 0.717) is 19.1 Å². The molecule has 2 aromatic carbocycles. The monoisotopic (exact) mass is 383 g/mol. The molecule has 5 heteroatoms. The van der Waals surface area contributed by atoms with Gasteiger partial charge in [0, 0.05) is 19.1 Å². The van der Waals surface area contributed by atoms with Crippen LogP contribution < -0.4 is 10.6 Å². The minimum atomic E-state index is -0.200. The van der Waals surface area contributed by atoms with Gasteiger partial charge >= 0.3 is 0 Å². The Morgan fingerprint density at radius 1 is 1.14 bits per heavy atom. The molecular weight excluding hydrogens is 353 g/mol. The fourth-order valence-electron chi connectivity index (χ4n) is 3.76. The van der Waals surface area contributed by atoms with Crippen molar-refractivity contribution < 1.29 is 9.50 Å². The molecule has 1 aliphatic heterocycles. The lowest BCUT2D eigenvalue weighted by Gasteiger charge is -2.38. The van der Waals surface area contributed by atoms with Crippen LogP contribution in [0.1, 0.15) is 35.1 Å². The van der Waals surface area contributed by atoms with Crippen molar-refractivity contribution in [2.75, 3.05) is 13.1 Å². The van der Waals surface area contributed by atoms with Crippen LogP contribution in [0.15, 0.2) is 48.8 Å². The summed E-state index contributed by atoms with van der Waals surface area (Å²) in [6, 6.07) is 10.8. The van der Waals surface area contributed by atoms with Gasteiger partial charge < -0.3 is 20.6 Å². The van der Waals surface area contributed by atoms with Gasteiger partial charge in [-0.2, -0.15) is 0 Å². The molecule has 0 amide bonds. The first-order chi connectivity index (χ1) is 13.4. The number of phenols is 1. The molecule has 1 fully saturated rings. The first-order valence-corrected chi connectivity index (χ1v) is 9.87. The SMILES string of the molecule is C=C(NCc1ccc(O)cc1C)N(Cc1ccc(F)cc1C)C1CCNCC1. The number of hydrogen-bond donors (Lipinski definition) is 3. The third kappa shape index (κ3) is 5.04. The normalized spacial score (nSPS) is 14.7. The number of nitrogens with zero attached hydrogens (tertiary/aromatic N) is 1. The van der Waals surface area contributed by atoms with E-state index in [4.69, 9.17) is 0 Å². The number of halogens is 1. The molecule has 0 aliphatic carbocycles. The van der Waals surface area contributed by atoms with Crippen LogP contribution in [0.3, 0.4) is 0 Å². The Bertz CT molecular complexity index is 831. The molecule has 0 bridgehead atoms. The highest BCUT2D eigenvalue weighted by Gasteiger charge is 2.23. The van der Waals surface area contributed by atoms with Crippen LogP contribution in [0.25, 0.3) is 0 Å². The number of aryl methyl sites for hydroxylation is 2. The second-order valence-electron chi connectivity index (χ2n) is 7.59. The Morgan fingerprint density at radius 2 is 1.82 bits per heavy atom. The van der Waals surface area contributed by atoms with Crippen molar-refractivity contribution in [2.45, 2.75) is 45.8 Å². The number of benzene rings is 2. The summed E-state index contributed by atoms with van der Waals surface area (Å²) in [5, 5.41) is 16.5. The van der Waals surface area contributed by atoms with E-state index in [2.05, 4.69) is 22.1 Å². The third-order valence-electron chi connectivity index (χ3n) is 5.55. The number of phenolic OH excluding ortho intramolecular Hbond substituents is 1. The number of nitrogens with one attached hydrogen (secondary N) is 2. The van der Waals surface area contributed by atoms with Gasteiger partial charge in [-0.25, -0.2) is 4.39 Å². The summed E-state index contributed by atoms with van der Waals surface area (Å²) in [6.45, 7) is 11.6. The largest absolute Gasteiger partial charge is 0.508 e. The van der Waals surface area contributed by atoms with E-state index in [1.54, 1.807) is 18.2 Å². The van der Waals surface area contributed by atoms with Crippen molar-refractivity contribution in [2.24, 2.45) is 0 Å². The highest BCUT2D eigenvalue weighted by atomic mass is 19.1. The second kappa shape index (κ2) is 9.11. The second-order valence-corrected chi connectivity index (χ2v) is 7.59. The van der Waals surface area contributed by atoms with Crippen LogP contribution >= 0.6 is 0 Å². The van der Waals surface area contributed by atoms with Gasteiger partial charge in [0.15, 0.2) is 0 Å². The topological polar surface area (TPSA) is 47.5 Å². The van der Waals surface area contributed by atoms with E-state index >= 15 is 0 Å². The highest BCUT2D eigenvalue weighted by molar-refractivity contribution is 5.34. The average Bonchev–Trinajstić information content (AvgIpc) is 2.67. The van der Waals surface area contributed by atoms with Gasteiger partial charge in [0.1, 0.15) is 11.6 Å². The van der Waals surface area contributed by atoms with Gasteiger partial charge in [-0.3, -0.25) is 0 Å². The zero-order valence-electron chi connectivity index (χ0n) is 16.8. The Kier molecular flexibility index (Phi) is 6.57. The van der Waals surface area contributed by atoms with E-state index < -0.39 is 0 Å². The van der Waals surface area contributed by atoms with Gasteiger partial charge in [0.25, 0.3) is 0 Å². The van der Waals surface area contributed by atoms with Crippen molar-refractivity contribution in [3.05, 3.63) is 76.9 Å². The minimum absolute atomic E-state index is 0.200. The maximum absolute atomic E-state index is 13.5. The Hall–Kier alpha value is -2.53. The predicted octanol–water partition coefficient (Wildman–Crippen LogP) is 3.96. The Labute approximate surface area is 167 Å². The Balaban J connectivity index is 1.74. The summed E-state index contributed by atoms with van der Waals surface area (Å²) in [5.74, 6) is 0.959. The maximum Gasteiger partial charge on any atom is 0.123 e. The van der Waals surface area contributed by atoms with Crippen molar-refractivity contribution in [1.82, 2.24) is 15.5 Å². The molecule has 1 aliphatic rings. The lowest BCUT2D eigenvalue weighted by Crippen LogP contribution is -2.44. The van der Waals surface area contributed by atoms with E-state index in [9.17, 15) is 9.50 Å². The molecule has 28 heavy (non-hydrogen) atoms. The van der Waals surface area contributed by atoms with Crippen molar-refractivity contribution >= 4 is 0 Å². The van der Waals surface area contributed by atoms with Gasteiger partial charge in [0.05, 0.1) is 5.82 Å². The molecule has 0 radical (unpaired) electrons. The molecule has 150 valence electrons. The van der Waals surface area contributed by atoms with Gasteiger partial charge in [-0.15, -0.1) is 0 Å². The van der Waals surface area contributed by atoms with E-state index in [1.807, 2.05) is 26.0 Å². The zero-order chi connectivity index (χ0) is 20.1. The maximum atomic E-state index is 13.5. The summed E-state index contributed by atoms with van der Waals surface area (Å²) >= 11 is 0. The predicted molar refractivity (Wildman–Crippen MR) is 111 cm³/mol. The van der Waals surface area contributed by atoms with Crippen molar-refractivity contribution in [3.8, 4) is 5.75 Å². The average molecular weight is 384 g/mol. The lowest BCUT2D eigenvalue weighted by molar-refractivity contribution is 0.187. The smallest absolute Gasteiger partial charge is 0.123 e. The van der Waals surface area contributed by atoms with E-state index in [1.165, 1.54) is 6.07 Å². The molecule has 0 spiro atoms. The van der Waals surface area contributed by atoms with Gasteiger partial charge in [-0.1, -0.05) is 18.7 Å². The fraction of sp³-hybridized carbons (Fsp3) is 0.391. The summed E-state index contributed by atoms with van der Waals surface area (Å²) in [4.78, 5) is 2.32. The molecule has 0 saturated carbocycles. The summed E-state index contributed by atoms with van der Waals surface area (Å²) in [7, 11) is 0. The van der Waals surface area contributed by atoms with Crippen molar-refractivity contribution in [1.29, 1.82) is 0 Å². The first-order valence-electron chi connectivity index (χ1n) is 9.87. The first kappa shape index (κ1) is 20.2. The molecule has 3 rings (SSSR count). The standard InChI is InChI=1S/C23H30FN3O/c1-16-12-21(24)6-4-20(16)15-27(22-8-10-25-11-9-22)18(3)26-14-19-5-7-23(28)13-17(19)2/h4-7,12-13,22,25-26,28H,3,8-11,14-15H2,1-2H3. The highest BCUT2D eigenvalue weighted by Crippen LogP contribution is 2.22. The van der Waals surface area contributed by atoms with Crippen LogP contribution in [0, 0.1) is 19.7 Å². The van der Waals surface area contributed by atoms with E-state index in [-0.39, 0.29) is 11.6 Å². The number of aromatic hydroxyl groups is 1. The number of rotatable bonds is 7. The molecule has 1 saturated heterocycles. The zero-order valence-corrected chi connectivity index (χ0v) is 16.8. The molecule has 0 unspecified atom stereocenters. The molecule has 0 atom stereocenters. The van der Waals surface area contributed by atoms with Gasteiger partial charge in [-0.05, 0) is 86.3 Å². The summed E-state index contributed by atoms with van der Waals surface area (Å²) in [5.41, 5.74) is 4.25. The van der Waals surface area contributed by atoms with Crippen LogP contribution in [0.4, 0.5) is 4.39 Å². The van der Waals surface area contributed by atoms with Crippen LogP contribution in [-0.4, -0.2) is 29.1 Å². The van der Waals surface area contributed by atoms with E-state index in [0.717, 1.165) is 54.0 Å². The number of piperidine rings is 1. The molecule has 0 aromatic heterocycles. The quantitative estimate of drug-likeness (QED) is 0.677. The molecule has 3 N–H and O–H groups in total. The third-order valence-corrected chi connectivity index (χ3v) is 5.55. The van der Waals surface area contributed by atoms with Gasteiger partial charge in [0.2, 0.25) is 0 Å². The molecule has 1 heterocycles.